The summed E-state index contributed by atoms with van der Waals surface area (Å²) >= 11 is 7.47. The Morgan fingerprint density at radius 1 is 1.52 bits per heavy atom. The minimum atomic E-state index is -0.208. The van der Waals surface area contributed by atoms with E-state index in [1.165, 1.54) is 11.3 Å². The molecule has 1 aliphatic heterocycles. The summed E-state index contributed by atoms with van der Waals surface area (Å²) in [5, 5.41) is 7.26. The number of H-pyrrole nitrogens is 1. The molecule has 0 saturated carbocycles. The number of rotatable bonds is 3. The zero-order chi connectivity index (χ0) is 16.6. The molecule has 7 heteroatoms. The monoisotopic (exact) mass is 353 g/mol. The molecule has 3 heterocycles. The molecule has 1 amide bonds. The number of aryl methyl sites for hydroxylation is 2. The third-order valence-corrected chi connectivity index (χ3v) is 5.73. The van der Waals surface area contributed by atoms with Crippen molar-refractivity contribution < 1.29 is 9.53 Å². The summed E-state index contributed by atoms with van der Waals surface area (Å²) < 4.78 is 6.34. The van der Waals surface area contributed by atoms with Gasteiger partial charge in [-0.25, -0.2) is 0 Å². The lowest BCUT2D eigenvalue weighted by Gasteiger charge is -2.37. The van der Waals surface area contributed by atoms with Crippen molar-refractivity contribution in [2.45, 2.75) is 32.7 Å². The summed E-state index contributed by atoms with van der Waals surface area (Å²) in [6.45, 7) is 7.54. The Bertz CT molecular complexity index is 692. The zero-order valence-electron chi connectivity index (χ0n) is 13.4. The molecule has 2 aromatic rings. The van der Waals surface area contributed by atoms with Gasteiger partial charge >= 0.3 is 0 Å². The lowest BCUT2D eigenvalue weighted by Crippen LogP contribution is -2.45. The number of halogens is 1. The number of ether oxygens (including phenoxy) is 1. The second-order valence-electron chi connectivity index (χ2n) is 5.83. The van der Waals surface area contributed by atoms with Crippen molar-refractivity contribution >= 4 is 28.8 Å². The van der Waals surface area contributed by atoms with Crippen LogP contribution in [0.1, 0.15) is 40.7 Å². The van der Waals surface area contributed by atoms with Crippen LogP contribution in [-0.2, 0) is 9.53 Å². The van der Waals surface area contributed by atoms with Crippen molar-refractivity contribution in [3.8, 4) is 0 Å². The van der Waals surface area contributed by atoms with Gasteiger partial charge in [-0.3, -0.25) is 9.89 Å². The van der Waals surface area contributed by atoms with Gasteiger partial charge < -0.3 is 9.64 Å². The molecule has 2 aromatic heterocycles. The lowest BCUT2D eigenvalue weighted by atomic mass is 10.00. The summed E-state index contributed by atoms with van der Waals surface area (Å²) in [6.07, 6.45) is 0. The van der Waals surface area contributed by atoms with E-state index in [1.807, 2.05) is 37.8 Å². The smallest absolute Gasteiger partial charge is 0.231 e. The fourth-order valence-corrected chi connectivity index (χ4v) is 4.19. The van der Waals surface area contributed by atoms with Crippen LogP contribution in [0.4, 0.5) is 0 Å². The molecule has 0 bridgehead atoms. The molecule has 0 spiro atoms. The van der Waals surface area contributed by atoms with Gasteiger partial charge in [0.1, 0.15) is 0 Å². The molecular formula is C16H20ClN3O2S. The van der Waals surface area contributed by atoms with E-state index in [-0.39, 0.29) is 17.9 Å². The van der Waals surface area contributed by atoms with Crippen LogP contribution < -0.4 is 0 Å². The van der Waals surface area contributed by atoms with Crippen molar-refractivity contribution in [3.63, 3.8) is 0 Å². The van der Waals surface area contributed by atoms with Gasteiger partial charge in [0.25, 0.3) is 0 Å². The van der Waals surface area contributed by atoms with E-state index >= 15 is 0 Å². The van der Waals surface area contributed by atoms with E-state index in [0.29, 0.717) is 24.1 Å². The third-order valence-electron chi connectivity index (χ3n) is 4.32. The summed E-state index contributed by atoms with van der Waals surface area (Å²) in [6, 6.07) is 3.68. The quantitative estimate of drug-likeness (QED) is 0.919. The summed E-state index contributed by atoms with van der Waals surface area (Å²) in [7, 11) is 0. The number of hydrogen-bond donors (Lipinski definition) is 1. The second-order valence-corrected chi connectivity index (χ2v) is 7.58. The number of nitrogens with zero attached hydrogens (tertiary/aromatic N) is 2. The molecule has 124 valence electrons. The molecule has 5 nitrogen and oxygen atoms in total. The van der Waals surface area contributed by atoms with Crippen LogP contribution in [0.15, 0.2) is 12.1 Å². The van der Waals surface area contributed by atoms with Gasteiger partial charge in [-0.15, -0.1) is 11.3 Å². The Balaban J connectivity index is 1.88. The van der Waals surface area contributed by atoms with Gasteiger partial charge in [-0.1, -0.05) is 11.6 Å². The predicted octanol–water partition coefficient (Wildman–Crippen LogP) is 3.45. The van der Waals surface area contributed by atoms with Crippen LogP contribution in [0.2, 0.25) is 4.34 Å². The molecule has 23 heavy (non-hydrogen) atoms. The predicted molar refractivity (Wildman–Crippen MR) is 91.1 cm³/mol. The second kappa shape index (κ2) is 6.63. The molecule has 1 N–H and O–H groups in total. The van der Waals surface area contributed by atoms with Crippen LogP contribution in [0.5, 0.6) is 0 Å². The molecule has 1 saturated heterocycles. The van der Waals surface area contributed by atoms with E-state index in [2.05, 4.69) is 10.2 Å². The summed E-state index contributed by atoms with van der Waals surface area (Å²) in [4.78, 5) is 16.0. The summed E-state index contributed by atoms with van der Waals surface area (Å²) in [5.74, 6) is -0.0996. The first-order chi connectivity index (χ1) is 11.0. The molecule has 0 aromatic carbocycles. The Morgan fingerprint density at radius 2 is 2.30 bits per heavy atom. The number of morpholine rings is 1. The molecule has 0 radical (unpaired) electrons. The van der Waals surface area contributed by atoms with Crippen molar-refractivity contribution in [3.05, 3.63) is 38.3 Å². The maximum atomic E-state index is 13.0. The lowest BCUT2D eigenvalue weighted by molar-refractivity contribution is -0.141. The Labute approximate surface area is 144 Å². The standard InChI is InChI=1S/C16H20ClN3O2S/c1-9(13-4-5-14(17)23-13)16(21)20-6-7-22-8-12(20)15-10(2)18-19-11(15)3/h4-5,9,12H,6-8H2,1-3H3,(H,18,19). The molecule has 3 rings (SSSR count). The van der Waals surface area contributed by atoms with E-state index in [1.54, 1.807) is 0 Å². The van der Waals surface area contributed by atoms with E-state index < -0.39 is 0 Å². The van der Waals surface area contributed by atoms with Crippen molar-refractivity contribution in [2.75, 3.05) is 19.8 Å². The highest BCUT2D eigenvalue weighted by molar-refractivity contribution is 7.16. The van der Waals surface area contributed by atoms with Crippen LogP contribution in [0, 0.1) is 13.8 Å². The molecule has 0 aliphatic carbocycles. The van der Waals surface area contributed by atoms with Crippen LogP contribution in [0.25, 0.3) is 0 Å². The van der Waals surface area contributed by atoms with Gasteiger partial charge in [0, 0.05) is 22.7 Å². The first-order valence-corrected chi connectivity index (χ1v) is 8.83. The van der Waals surface area contributed by atoms with Gasteiger partial charge in [0.2, 0.25) is 5.91 Å². The molecular weight excluding hydrogens is 334 g/mol. The van der Waals surface area contributed by atoms with Crippen LogP contribution in [0.3, 0.4) is 0 Å². The SMILES string of the molecule is Cc1n[nH]c(C)c1C1COCCN1C(=O)C(C)c1ccc(Cl)s1. The Kier molecular flexibility index (Phi) is 4.75. The number of thiophene rings is 1. The summed E-state index contributed by atoms with van der Waals surface area (Å²) in [5.41, 5.74) is 2.97. The number of nitrogens with one attached hydrogen (secondary N) is 1. The van der Waals surface area contributed by atoms with Gasteiger partial charge in [-0.2, -0.15) is 5.10 Å². The van der Waals surface area contributed by atoms with Gasteiger partial charge in [-0.05, 0) is 32.9 Å². The van der Waals surface area contributed by atoms with Crippen molar-refractivity contribution in [1.29, 1.82) is 0 Å². The van der Waals surface area contributed by atoms with Crippen molar-refractivity contribution in [1.82, 2.24) is 15.1 Å². The fraction of sp³-hybridized carbons (Fsp3) is 0.500. The maximum absolute atomic E-state index is 13.0. The minimum absolute atomic E-state index is 0.0899. The fourth-order valence-electron chi connectivity index (χ4n) is 3.09. The van der Waals surface area contributed by atoms with Crippen LogP contribution >= 0.6 is 22.9 Å². The molecule has 2 unspecified atom stereocenters. The van der Waals surface area contributed by atoms with E-state index in [4.69, 9.17) is 16.3 Å². The number of aromatic nitrogens is 2. The topological polar surface area (TPSA) is 58.2 Å². The Hall–Kier alpha value is -1.37. The first kappa shape index (κ1) is 16.5. The van der Waals surface area contributed by atoms with Crippen molar-refractivity contribution in [2.24, 2.45) is 0 Å². The molecule has 1 aliphatic rings. The molecule has 1 fully saturated rings. The van der Waals surface area contributed by atoms with Gasteiger partial charge in [0.05, 0.1) is 35.2 Å². The number of aromatic amines is 1. The van der Waals surface area contributed by atoms with Gasteiger partial charge in [0.15, 0.2) is 0 Å². The normalized spacial score (nSPS) is 19.8. The van der Waals surface area contributed by atoms with E-state index in [0.717, 1.165) is 21.8 Å². The average molecular weight is 354 g/mol. The third kappa shape index (κ3) is 3.16. The highest BCUT2D eigenvalue weighted by Gasteiger charge is 2.34. The van der Waals surface area contributed by atoms with Crippen LogP contribution in [-0.4, -0.2) is 40.8 Å². The number of hydrogen-bond acceptors (Lipinski definition) is 4. The highest BCUT2D eigenvalue weighted by Crippen LogP contribution is 2.34. The first-order valence-electron chi connectivity index (χ1n) is 7.64. The highest BCUT2D eigenvalue weighted by atomic mass is 35.5. The van der Waals surface area contributed by atoms with E-state index in [9.17, 15) is 4.79 Å². The molecule has 2 atom stereocenters. The minimum Gasteiger partial charge on any atom is -0.377 e. The average Bonchev–Trinajstić information content (AvgIpc) is 3.12. The Morgan fingerprint density at radius 3 is 2.91 bits per heavy atom. The zero-order valence-corrected chi connectivity index (χ0v) is 15.0. The largest absolute Gasteiger partial charge is 0.377 e. The maximum Gasteiger partial charge on any atom is 0.231 e. The number of carbonyl (C=O) groups is 1. The number of amides is 1. The number of carbonyl (C=O) groups excluding carboxylic acids is 1.